The molecule has 0 fully saturated rings. The summed E-state index contributed by atoms with van der Waals surface area (Å²) in [5.41, 5.74) is 0. The number of nitrogens with zero attached hydrogens (tertiary/aromatic N) is 1. The van der Waals surface area contributed by atoms with Crippen molar-refractivity contribution in [2.24, 2.45) is 0 Å². The highest BCUT2D eigenvalue weighted by Crippen LogP contribution is 2.43. The highest BCUT2D eigenvalue weighted by atomic mass is 31.2. The molecule has 0 heterocycles. The van der Waals surface area contributed by atoms with Crippen LogP contribution in [0.2, 0.25) is 0 Å². The molecule has 80 heavy (non-hydrogen) atoms. The number of quaternary nitrogens is 1. The highest BCUT2D eigenvalue weighted by molar-refractivity contribution is 7.47. The first kappa shape index (κ1) is 75.9. The zero-order valence-corrected chi connectivity index (χ0v) is 52.4. The van der Waals surface area contributed by atoms with E-state index in [0.29, 0.717) is 23.9 Å². The third-order valence-electron chi connectivity index (χ3n) is 12.9. The average Bonchev–Trinajstić information content (AvgIpc) is 3.42. The Morgan fingerprint density at radius 1 is 0.400 bits per heavy atom. The lowest BCUT2D eigenvalue weighted by Gasteiger charge is -2.24. The molecule has 2 atom stereocenters. The van der Waals surface area contributed by atoms with Crippen molar-refractivity contribution in [2.45, 2.75) is 238 Å². The summed E-state index contributed by atoms with van der Waals surface area (Å²) < 4.78 is 34.5. The predicted molar refractivity (Wildman–Crippen MR) is 343 cm³/mol. The van der Waals surface area contributed by atoms with Crippen LogP contribution in [-0.4, -0.2) is 74.9 Å². The summed E-state index contributed by atoms with van der Waals surface area (Å²) in [5.74, 6) is -0.878. The number of phosphoric ester groups is 1. The molecule has 0 amide bonds. The van der Waals surface area contributed by atoms with Crippen molar-refractivity contribution >= 4 is 19.8 Å². The van der Waals surface area contributed by atoms with Crippen molar-refractivity contribution in [1.29, 1.82) is 0 Å². The Morgan fingerprint density at radius 2 is 0.725 bits per heavy atom. The molecule has 0 saturated carbocycles. The molecule has 9 nitrogen and oxygen atoms in total. The monoisotopic (exact) mass is 1130 g/mol. The minimum absolute atomic E-state index is 0.0123. The van der Waals surface area contributed by atoms with E-state index in [1.54, 1.807) is 0 Å². The molecule has 1 N–H and O–H groups in total. The molecule has 0 bridgehead atoms. The van der Waals surface area contributed by atoms with Crippen molar-refractivity contribution in [3.05, 3.63) is 146 Å². The lowest BCUT2D eigenvalue weighted by molar-refractivity contribution is -0.870. The van der Waals surface area contributed by atoms with E-state index in [4.69, 9.17) is 18.5 Å². The minimum atomic E-state index is -4.42. The summed E-state index contributed by atoms with van der Waals surface area (Å²) in [5, 5.41) is 0. The van der Waals surface area contributed by atoms with Gasteiger partial charge in [-0.05, 0) is 116 Å². The molecule has 2 unspecified atom stereocenters. The Kier molecular flexibility index (Phi) is 56.5. The third kappa shape index (κ3) is 63.1. The Balaban J connectivity index is 4.28. The van der Waals surface area contributed by atoms with Gasteiger partial charge in [-0.1, -0.05) is 250 Å². The summed E-state index contributed by atoms with van der Waals surface area (Å²) in [6.07, 6.45) is 87.9. The van der Waals surface area contributed by atoms with Gasteiger partial charge in [0.05, 0.1) is 27.7 Å². The number of hydrogen-bond donors (Lipinski definition) is 1. The molecule has 10 heteroatoms. The van der Waals surface area contributed by atoms with Crippen LogP contribution in [-0.2, 0) is 32.7 Å². The van der Waals surface area contributed by atoms with E-state index in [-0.39, 0.29) is 32.0 Å². The Labute approximate surface area is 491 Å². The number of allylic oxidation sites excluding steroid dienone is 24. The number of unbranched alkanes of at least 4 members (excludes halogenated alkanes) is 18. The van der Waals surface area contributed by atoms with Gasteiger partial charge >= 0.3 is 19.8 Å². The zero-order chi connectivity index (χ0) is 58.4. The first-order chi connectivity index (χ1) is 39.0. The minimum Gasteiger partial charge on any atom is -0.462 e. The van der Waals surface area contributed by atoms with Gasteiger partial charge in [-0.3, -0.25) is 18.6 Å². The van der Waals surface area contributed by atoms with Crippen molar-refractivity contribution < 1.29 is 42.1 Å². The van der Waals surface area contributed by atoms with Gasteiger partial charge in [0.1, 0.15) is 19.8 Å². The number of carbonyl (C=O) groups excluding carboxylic acids is 2. The molecule has 0 aromatic carbocycles. The Hall–Kier alpha value is -4.11. The molecule has 0 spiro atoms. The van der Waals surface area contributed by atoms with Crippen LogP contribution in [0.4, 0.5) is 0 Å². The van der Waals surface area contributed by atoms with Gasteiger partial charge in [-0.2, -0.15) is 0 Å². The van der Waals surface area contributed by atoms with Crippen LogP contribution in [0, 0.1) is 0 Å². The molecular formula is C70H117NO8P+. The van der Waals surface area contributed by atoms with Crippen LogP contribution in [0.1, 0.15) is 232 Å². The Bertz CT molecular complexity index is 1860. The fraction of sp³-hybridized carbons (Fsp3) is 0.629. The van der Waals surface area contributed by atoms with Gasteiger partial charge in [0, 0.05) is 12.8 Å². The van der Waals surface area contributed by atoms with Crippen LogP contribution in [0.15, 0.2) is 146 Å². The van der Waals surface area contributed by atoms with Gasteiger partial charge in [-0.15, -0.1) is 0 Å². The second-order valence-electron chi connectivity index (χ2n) is 21.7. The maximum atomic E-state index is 12.8. The maximum Gasteiger partial charge on any atom is 0.472 e. The maximum absolute atomic E-state index is 12.8. The fourth-order valence-electron chi connectivity index (χ4n) is 8.02. The SMILES string of the molecule is CC/C=C\C/C=C\C/C=C\C/C=C\C/C=C\C/C=C\C/C=C\C/C=C\C/C=C\CCCC(=O)OC(COC(=O)CCCCCCCCCCCCCC/C=C\C/C=C\C/C=C\CCCCCCC)COP(=O)(O)OCC[N+](C)(C)C. The van der Waals surface area contributed by atoms with Crippen molar-refractivity contribution in [3.63, 3.8) is 0 Å². The summed E-state index contributed by atoms with van der Waals surface area (Å²) in [4.78, 5) is 35.8. The zero-order valence-electron chi connectivity index (χ0n) is 51.5. The number of ether oxygens (including phenoxy) is 2. The van der Waals surface area contributed by atoms with E-state index in [2.05, 4.69) is 154 Å². The fourth-order valence-corrected chi connectivity index (χ4v) is 8.76. The quantitative estimate of drug-likeness (QED) is 0.0211. The van der Waals surface area contributed by atoms with Crippen molar-refractivity contribution in [1.82, 2.24) is 0 Å². The Morgan fingerprint density at radius 3 is 1.10 bits per heavy atom. The number of hydrogen-bond acceptors (Lipinski definition) is 7. The van der Waals surface area contributed by atoms with E-state index < -0.39 is 26.5 Å². The van der Waals surface area contributed by atoms with Gasteiger partial charge in [0.15, 0.2) is 6.10 Å². The first-order valence-corrected chi connectivity index (χ1v) is 33.1. The number of phosphoric acid groups is 1. The summed E-state index contributed by atoms with van der Waals surface area (Å²) >= 11 is 0. The first-order valence-electron chi connectivity index (χ1n) is 31.6. The van der Waals surface area contributed by atoms with E-state index in [1.807, 2.05) is 27.2 Å². The molecule has 0 aromatic rings. The smallest absolute Gasteiger partial charge is 0.462 e. The van der Waals surface area contributed by atoms with E-state index in [9.17, 15) is 19.0 Å². The lowest BCUT2D eigenvalue weighted by atomic mass is 10.0. The molecule has 0 radical (unpaired) electrons. The number of likely N-dealkylation sites (N-methyl/N-ethyl adjacent to an activating group) is 1. The second-order valence-corrected chi connectivity index (χ2v) is 23.2. The number of esters is 2. The van der Waals surface area contributed by atoms with Gasteiger partial charge in [-0.25, -0.2) is 4.57 Å². The van der Waals surface area contributed by atoms with Crippen LogP contribution in [0.3, 0.4) is 0 Å². The molecule has 0 aliphatic heterocycles. The lowest BCUT2D eigenvalue weighted by Crippen LogP contribution is -2.37. The van der Waals surface area contributed by atoms with Gasteiger partial charge < -0.3 is 18.9 Å². The number of rotatable bonds is 56. The molecule has 0 aromatic heterocycles. The molecule has 0 aliphatic carbocycles. The van der Waals surface area contributed by atoms with Crippen LogP contribution >= 0.6 is 7.82 Å². The predicted octanol–water partition coefficient (Wildman–Crippen LogP) is 20.3. The van der Waals surface area contributed by atoms with Crippen LogP contribution < -0.4 is 0 Å². The second kappa shape index (κ2) is 59.5. The highest BCUT2D eigenvalue weighted by Gasteiger charge is 2.27. The molecule has 0 rings (SSSR count). The standard InChI is InChI=1S/C70H116NO8P/c1-6-8-10-12-14-16-18-20-22-24-26-28-30-32-34-35-37-39-41-43-45-47-49-51-53-55-57-59-61-63-70(73)79-68(67-78-80(74,75)77-65-64-71(3,4)5)66-76-69(72)62-60-58-56-54-52-50-48-46-44-42-40-38-36-33-31-29-27-25-23-21-19-17-15-13-11-9-7-2/h8,10,14,16,19-22,25-28,31-34,37,39,43,45,49,51,55,57,68H,6-7,9,11-13,15,17-18,23-24,29-30,35-36,38,40-42,44,46-48,50,52-54,56,58-67H2,1-5H3/p+1/b10-8-,16-14-,21-19-,22-20-,27-25-,28-26-,33-31-,34-32-,39-37-,45-43-,51-49-,57-55-. The topological polar surface area (TPSA) is 108 Å². The van der Waals surface area contributed by atoms with Crippen molar-refractivity contribution in [2.75, 3.05) is 47.5 Å². The van der Waals surface area contributed by atoms with Gasteiger partial charge in [0.2, 0.25) is 0 Å². The summed E-state index contributed by atoms with van der Waals surface area (Å²) in [7, 11) is 1.42. The van der Waals surface area contributed by atoms with E-state index in [0.717, 1.165) is 96.3 Å². The van der Waals surface area contributed by atoms with Crippen molar-refractivity contribution in [3.8, 4) is 0 Å². The summed E-state index contributed by atoms with van der Waals surface area (Å²) in [6.45, 7) is 4.23. The molecule has 0 aliphatic rings. The van der Waals surface area contributed by atoms with Crippen LogP contribution in [0.5, 0.6) is 0 Å². The molecule has 0 saturated heterocycles. The molecular weight excluding hydrogens is 1010 g/mol. The van der Waals surface area contributed by atoms with Crippen LogP contribution in [0.25, 0.3) is 0 Å². The number of carbonyl (C=O) groups is 2. The largest absolute Gasteiger partial charge is 0.472 e. The third-order valence-corrected chi connectivity index (χ3v) is 13.8. The summed E-state index contributed by atoms with van der Waals surface area (Å²) in [6, 6.07) is 0. The van der Waals surface area contributed by atoms with E-state index >= 15 is 0 Å². The van der Waals surface area contributed by atoms with Gasteiger partial charge in [0.25, 0.3) is 0 Å². The average molecular weight is 1130 g/mol. The normalized spacial score (nSPS) is 14.2. The molecule has 454 valence electrons. The van der Waals surface area contributed by atoms with E-state index in [1.165, 1.54) is 96.3 Å².